The van der Waals surface area contributed by atoms with E-state index in [0.717, 1.165) is 62.0 Å². The second-order valence-corrected chi connectivity index (χ2v) is 12.4. The molecular weight excluding hydrogens is 509 g/mol. The van der Waals surface area contributed by atoms with E-state index >= 15 is 4.39 Å². The zero-order valence-corrected chi connectivity index (χ0v) is 23.4. The van der Waals surface area contributed by atoms with Gasteiger partial charge in [-0.3, -0.25) is 4.79 Å². The Morgan fingerprint density at radius 2 is 1.98 bits per heavy atom. The third kappa shape index (κ3) is 4.39. The van der Waals surface area contributed by atoms with Crippen molar-refractivity contribution in [1.29, 1.82) is 0 Å². The van der Waals surface area contributed by atoms with Crippen molar-refractivity contribution in [2.75, 3.05) is 19.7 Å². The van der Waals surface area contributed by atoms with Gasteiger partial charge >= 0.3 is 0 Å². The van der Waals surface area contributed by atoms with Crippen LogP contribution in [0.25, 0.3) is 33.6 Å². The number of benzene rings is 1. The summed E-state index contributed by atoms with van der Waals surface area (Å²) in [6.07, 6.45) is 5.46. The number of hydrogen-bond acceptors (Lipinski definition) is 5. The number of aliphatic hydroxyl groups is 1. The van der Waals surface area contributed by atoms with Gasteiger partial charge in [0.05, 0.1) is 23.0 Å². The number of imidazole rings is 1. The van der Waals surface area contributed by atoms with Crippen molar-refractivity contribution in [3.05, 3.63) is 47.4 Å². The Morgan fingerprint density at radius 3 is 2.75 bits per heavy atom. The number of carbonyl (C=O) groups is 1. The second-order valence-electron chi connectivity index (χ2n) is 12.4. The van der Waals surface area contributed by atoms with Crippen molar-refractivity contribution in [3.8, 4) is 11.5 Å². The van der Waals surface area contributed by atoms with Gasteiger partial charge in [-0.15, -0.1) is 0 Å². The monoisotopic (exact) mass is 545 g/mol. The number of amides is 1. The molecule has 1 N–H and O–H groups in total. The molecule has 2 saturated heterocycles. The molecule has 7 rings (SSSR count). The van der Waals surface area contributed by atoms with Crippen LogP contribution in [-0.4, -0.2) is 60.8 Å². The van der Waals surface area contributed by atoms with Gasteiger partial charge in [0.1, 0.15) is 22.6 Å². The van der Waals surface area contributed by atoms with Crippen LogP contribution < -0.4 is 0 Å². The van der Waals surface area contributed by atoms with Crippen molar-refractivity contribution in [3.63, 3.8) is 0 Å². The summed E-state index contributed by atoms with van der Waals surface area (Å²) in [5.74, 6) is 0.937. The minimum atomic E-state index is -1.06. The fraction of sp³-hybridized carbons (Fsp3) is 0.516. The van der Waals surface area contributed by atoms with Crippen LogP contribution in [0.15, 0.2) is 30.3 Å². The lowest BCUT2D eigenvalue weighted by atomic mass is 9.88. The molecule has 0 bridgehead atoms. The molecule has 3 aliphatic rings. The lowest BCUT2D eigenvalue weighted by Crippen LogP contribution is -2.48. The zero-order chi connectivity index (χ0) is 27.8. The molecule has 40 heavy (non-hydrogen) atoms. The number of carbonyl (C=O) groups excluding carboxylic acids is 1. The summed E-state index contributed by atoms with van der Waals surface area (Å²) in [7, 11) is 1.82. The van der Waals surface area contributed by atoms with Gasteiger partial charge in [-0.1, -0.05) is 0 Å². The number of ether oxygens (including phenoxy) is 1. The molecule has 0 radical (unpaired) electrons. The molecule has 9 heteroatoms. The number of aromatic nitrogens is 4. The molecule has 1 amide bonds. The van der Waals surface area contributed by atoms with Gasteiger partial charge in [0, 0.05) is 50.2 Å². The minimum Gasteiger partial charge on any atom is -0.384 e. The molecule has 4 aromatic rings. The van der Waals surface area contributed by atoms with E-state index in [1.807, 2.05) is 30.1 Å². The fourth-order valence-electron chi connectivity index (χ4n) is 6.50. The van der Waals surface area contributed by atoms with Gasteiger partial charge in [0.25, 0.3) is 5.91 Å². The predicted octanol–water partition coefficient (Wildman–Crippen LogP) is 5.01. The number of halogens is 1. The van der Waals surface area contributed by atoms with Crippen molar-refractivity contribution in [2.24, 2.45) is 18.9 Å². The number of nitrogens with zero attached hydrogens (tertiary/aromatic N) is 5. The maximum absolute atomic E-state index is 15.6. The summed E-state index contributed by atoms with van der Waals surface area (Å²) in [4.78, 5) is 25.1. The molecular formula is C31H36FN5O3. The van der Waals surface area contributed by atoms with Crippen LogP contribution in [0.2, 0.25) is 0 Å². The van der Waals surface area contributed by atoms with Crippen LogP contribution in [0, 0.1) is 17.7 Å². The van der Waals surface area contributed by atoms with E-state index in [1.165, 1.54) is 6.07 Å². The highest BCUT2D eigenvalue weighted by Crippen LogP contribution is 2.37. The van der Waals surface area contributed by atoms with Crippen molar-refractivity contribution in [2.45, 2.75) is 64.2 Å². The van der Waals surface area contributed by atoms with Crippen molar-refractivity contribution >= 4 is 28.0 Å². The topological polar surface area (TPSA) is 85.4 Å². The van der Waals surface area contributed by atoms with Crippen molar-refractivity contribution in [1.82, 2.24) is 24.0 Å². The van der Waals surface area contributed by atoms with Gasteiger partial charge in [0.2, 0.25) is 0 Å². The van der Waals surface area contributed by atoms with Gasteiger partial charge in [-0.05, 0) is 82.2 Å². The largest absolute Gasteiger partial charge is 0.384 e. The smallest absolute Gasteiger partial charge is 0.254 e. The number of fused-ring (bicyclic) bond motifs is 3. The number of rotatable bonds is 5. The van der Waals surface area contributed by atoms with Crippen molar-refractivity contribution < 1.29 is 19.0 Å². The maximum Gasteiger partial charge on any atom is 0.254 e. The summed E-state index contributed by atoms with van der Waals surface area (Å²) >= 11 is 0. The third-order valence-electron chi connectivity index (χ3n) is 8.91. The first-order valence-corrected chi connectivity index (χ1v) is 14.5. The third-order valence-corrected chi connectivity index (χ3v) is 8.91. The van der Waals surface area contributed by atoms with Crippen LogP contribution in [0.3, 0.4) is 0 Å². The molecule has 1 saturated carbocycles. The molecule has 210 valence electrons. The fourth-order valence-corrected chi connectivity index (χ4v) is 6.50. The van der Waals surface area contributed by atoms with Crippen LogP contribution in [-0.2, 0) is 23.9 Å². The van der Waals surface area contributed by atoms with Gasteiger partial charge in [0.15, 0.2) is 5.82 Å². The average molecular weight is 546 g/mol. The molecule has 0 unspecified atom stereocenters. The lowest BCUT2D eigenvalue weighted by Gasteiger charge is -2.41. The quantitative estimate of drug-likeness (QED) is 0.381. The van der Waals surface area contributed by atoms with Gasteiger partial charge in [-0.2, -0.15) is 0 Å². The molecule has 2 aliphatic heterocycles. The lowest BCUT2D eigenvalue weighted by molar-refractivity contribution is -0.0607. The van der Waals surface area contributed by atoms with Crippen LogP contribution in [0.4, 0.5) is 4.39 Å². The van der Waals surface area contributed by atoms with Gasteiger partial charge in [-0.25, -0.2) is 14.4 Å². The Labute approximate surface area is 232 Å². The van der Waals surface area contributed by atoms with Crippen LogP contribution in [0.5, 0.6) is 0 Å². The Kier molecular flexibility index (Phi) is 6.02. The summed E-state index contributed by atoms with van der Waals surface area (Å²) in [6.45, 7) is 6.32. The van der Waals surface area contributed by atoms with E-state index in [0.29, 0.717) is 53.0 Å². The highest BCUT2D eigenvalue weighted by Gasteiger charge is 2.35. The Hall–Kier alpha value is -3.30. The first kappa shape index (κ1) is 25.7. The van der Waals surface area contributed by atoms with E-state index < -0.39 is 11.4 Å². The highest BCUT2D eigenvalue weighted by molar-refractivity contribution is 5.98. The van der Waals surface area contributed by atoms with E-state index in [1.54, 1.807) is 24.5 Å². The van der Waals surface area contributed by atoms with Gasteiger partial charge < -0.3 is 23.9 Å². The number of likely N-dealkylation sites (tertiary alicyclic amines) is 1. The standard InChI is InChI=1S/C31H36FN5O3/c1-31(2,39)26-9-8-19-15-24(37(28(19)34-26)16-18-6-7-18)29-33-23-14-21(13-22(32)27(23)35(29)3)30(38)36-11-10-25-20(17-36)5-4-12-40-25/h8-9,13-15,18,20,25,39H,4-7,10-12,16-17H2,1-3H3/t20-,25+/m0/s1. The Morgan fingerprint density at radius 1 is 1.15 bits per heavy atom. The molecule has 1 aromatic carbocycles. The second kappa shape index (κ2) is 9.38. The maximum atomic E-state index is 15.6. The molecule has 0 spiro atoms. The number of piperidine rings is 1. The summed E-state index contributed by atoms with van der Waals surface area (Å²) < 4.78 is 25.5. The van der Waals surface area contributed by atoms with E-state index in [2.05, 4.69) is 4.57 Å². The van der Waals surface area contributed by atoms with E-state index in [9.17, 15) is 9.90 Å². The molecule has 2 atom stereocenters. The summed E-state index contributed by atoms with van der Waals surface area (Å²) in [5.41, 5.74) is 2.35. The van der Waals surface area contributed by atoms with E-state index in [-0.39, 0.29) is 12.0 Å². The Bertz CT molecular complexity index is 1630. The number of pyridine rings is 1. The normalized spacial score (nSPS) is 21.8. The molecule has 1 aliphatic carbocycles. The molecule has 8 nitrogen and oxygen atoms in total. The first-order chi connectivity index (χ1) is 19.2. The molecule has 3 fully saturated rings. The average Bonchev–Trinajstić information content (AvgIpc) is 3.60. The minimum absolute atomic E-state index is 0.150. The number of aryl methyl sites for hydroxylation is 1. The molecule has 5 heterocycles. The summed E-state index contributed by atoms with van der Waals surface area (Å²) in [5, 5.41) is 11.5. The van der Waals surface area contributed by atoms with Crippen LogP contribution >= 0.6 is 0 Å². The Balaban J connectivity index is 1.28. The molecule has 3 aromatic heterocycles. The predicted molar refractivity (Wildman–Crippen MR) is 150 cm³/mol. The highest BCUT2D eigenvalue weighted by atomic mass is 19.1. The number of hydrogen-bond donors (Lipinski definition) is 1. The zero-order valence-electron chi connectivity index (χ0n) is 23.4. The SMILES string of the molecule is Cn1c(-c2cc3ccc(C(C)(C)O)nc3n2CC2CC2)nc2cc(C(=O)N3CC[C@H]4OCCC[C@H]4C3)cc(F)c21. The van der Waals surface area contributed by atoms with Crippen LogP contribution in [0.1, 0.15) is 62.0 Å². The first-order valence-electron chi connectivity index (χ1n) is 14.5. The summed E-state index contributed by atoms with van der Waals surface area (Å²) in [6, 6.07) is 8.95. The van der Waals surface area contributed by atoms with E-state index in [4.69, 9.17) is 14.7 Å².